The van der Waals surface area contributed by atoms with Crippen molar-refractivity contribution in [1.29, 1.82) is 0 Å². The van der Waals surface area contributed by atoms with Gasteiger partial charge < -0.3 is 5.11 Å². The molecule has 0 heterocycles. The molecule has 2 aromatic carbocycles. The second-order valence-corrected chi connectivity index (χ2v) is 5.67. The topological polar surface area (TPSA) is 20.2 Å². The fourth-order valence-corrected chi connectivity index (χ4v) is 2.80. The van der Waals surface area contributed by atoms with Crippen LogP contribution in [0, 0.1) is 20.8 Å². The van der Waals surface area contributed by atoms with Crippen molar-refractivity contribution in [3.63, 3.8) is 0 Å². The van der Waals surface area contributed by atoms with Crippen molar-refractivity contribution >= 4 is 15.9 Å². The van der Waals surface area contributed by atoms with E-state index in [4.69, 9.17) is 0 Å². The number of halogens is 1. The van der Waals surface area contributed by atoms with Gasteiger partial charge in [-0.05, 0) is 60.7 Å². The molecule has 2 rings (SSSR count). The summed E-state index contributed by atoms with van der Waals surface area (Å²) >= 11 is 3.48. The maximum Gasteiger partial charge on any atom is 0.104 e. The number of rotatable bonds is 2. The van der Waals surface area contributed by atoms with Gasteiger partial charge in [0.25, 0.3) is 0 Å². The van der Waals surface area contributed by atoms with E-state index in [2.05, 4.69) is 35.8 Å². The van der Waals surface area contributed by atoms with Gasteiger partial charge in [-0.1, -0.05) is 40.2 Å². The van der Waals surface area contributed by atoms with Crippen molar-refractivity contribution in [1.82, 2.24) is 0 Å². The summed E-state index contributed by atoms with van der Waals surface area (Å²) < 4.78 is 1.00. The first-order valence-electron chi connectivity index (χ1n) is 6.00. The first-order valence-corrected chi connectivity index (χ1v) is 6.79. The Morgan fingerprint density at radius 1 is 1.06 bits per heavy atom. The molecule has 0 aliphatic heterocycles. The van der Waals surface area contributed by atoms with Gasteiger partial charge in [-0.25, -0.2) is 0 Å². The fourth-order valence-electron chi connectivity index (χ4n) is 2.17. The van der Waals surface area contributed by atoms with Crippen LogP contribution in [0.2, 0.25) is 0 Å². The molecular formula is C16H17BrO. The maximum absolute atomic E-state index is 10.5. The molecule has 0 aliphatic carbocycles. The summed E-state index contributed by atoms with van der Waals surface area (Å²) in [5.41, 5.74) is 5.41. The average molecular weight is 305 g/mol. The van der Waals surface area contributed by atoms with Gasteiger partial charge in [-0.3, -0.25) is 0 Å². The molecule has 0 saturated heterocycles. The monoisotopic (exact) mass is 304 g/mol. The van der Waals surface area contributed by atoms with Gasteiger partial charge in [0.2, 0.25) is 0 Å². The second kappa shape index (κ2) is 5.25. The number of benzene rings is 2. The van der Waals surface area contributed by atoms with Gasteiger partial charge in [-0.2, -0.15) is 0 Å². The lowest BCUT2D eigenvalue weighted by atomic mass is 9.94. The Morgan fingerprint density at radius 2 is 1.78 bits per heavy atom. The summed E-state index contributed by atoms with van der Waals surface area (Å²) in [7, 11) is 0. The highest BCUT2D eigenvalue weighted by atomic mass is 79.9. The molecule has 94 valence electrons. The summed E-state index contributed by atoms with van der Waals surface area (Å²) in [6.45, 7) is 6.15. The van der Waals surface area contributed by atoms with Crippen LogP contribution >= 0.6 is 15.9 Å². The summed E-state index contributed by atoms with van der Waals surface area (Å²) in [5, 5.41) is 10.5. The van der Waals surface area contributed by atoms with Crippen LogP contribution in [-0.4, -0.2) is 5.11 Å². The van der Waals surface area contributed by atoms with Crippen molar-refractivity contribution in [2.75, 3.05) is 0 Å². The zero-order valence-corrected chi connectivity index (χ0v) is 12.5. The molecule has 0 saturated carbocycles. The Bertz CT molecular complexity index is 555. The predicted octanol–water partition coefficient (Wildman–Crippen LogP) is 4.46. The van der Waals surface area contributed by atoms with Gasteiger partial charge in [-0.15, -0.1) is 0 Å². The zero-order valence-electron chi connectivity index (χ0n) is 10.9. The Labute approximate surface area is 117 Å². The first-order chi connectivity index (χ1) is 8.49. The van der Waals surface area contributed by atoms with E-state index in [0.717, 1.165) is 26.7 Å². The zero-order chi connectivity index (χ0) is 13.3. The summed E-state index contributed by atoms with van der Waals surface area (Å²) in [5.74, 6) is 0. The van der Waals surface area contributed by atoms with Crippen molar-refractivity contribution in [3.8, 4) is 0 Å². The van der Waals surface area contributed by atoms with E-state index >= 15 is 0 Å². The maximum atomic E-state index is 10.5. The van der Waals surface area contributed by atoms with Crippen LogP contribution in [0.5, 0.6) is 0 Å². The van der Waals surface area contributed by atoms with Crippen molar-refractivity contribution in [2.24, 2.45) is 0 Å². The highest BCUT2D eigenvalue weighted by molar-refractivity contribution is 9.10. The minimum absolute atomic E-state index is 0.568. The summed E-state index contributed by atoms with van der Waals surface area (Å²) in [6, 6.07) is 12.1. The van der Waals surface area contributed by atoms with Gasteiger partial charge in [0, 0.05) is 4.47 Å². The lowest BCUT2D eigenvalue weighted by Crippen LogP contribution is -2.03. The number of hydrogen-bond acceptors (Lipinski definition) is 1. The van der Waals surface area contributed by atoms with E-state index in [9.17, 15) is 5.11 Å². The van der Waals surface area contributed by atoms with E-state index < -0.39 is 6.10 Å². The van der Waals surface area contributed by atoms with E-state index in [-0.39, 0.29) is 0 Å². The molecule has 1 nitrogen and oxygen atoms in total. The molecule has 1 unspecified atom stereocenters. The van der Waals surface area contributed by atoms with Crippen LogP contribution < -0.4 is 0 Å². The molecule has 0 bridgehead atoms. The Morgan fingerprint density at radius 3 is 2.44 bits per heavy atom. The van der Waals surface area contributed by atoms with Crippen LogP contribution in [0.3, 0.4) is 0 Å². The Balaban J connectivity index is 2.47. The quantitative estimate of drug-likeness (QED) is 0.868. The normalized spacial score (nSPS) is 12.5. The molecule has 2 aromatic rings. The van der Waals surface area contributed by atoms with Crippen molar-refractivity contribution in [2.45, 2.75) is 26.9 Å². The predicted molar refractivity (Wildman–Crippen MR) is 78.9 cm³/mol. The van der Waals surface area contributed by atoms with Gasteiger partial charge >= 0.3 is 0 Å². The molecule has 0 amide bonds. The third kappa shape index (κ3) is 2.65. The highest BCUT2D eigenvalue weighted by Crippen LogP contribution is 2.28. The molecular weight excluding hydrogens is 288 g/mol. The number of aryl methyl sites for hydroxylation is 2. The Hall–Kier alpha value is -1.12. The van der Waals surface area contributed by atoms with E-state index in [1.807, 2.05) is 37.3 Å². The molecule has 0 fully saturated rings. The molecule has 0 aliphatic rings. The summed E-state index contributed by atoms with van der Waals surface area (Å²) in [6.07, 6.45) is -0.568. The molecule has 1 N–H and O–H groups in total. The van der Waals surface area contributed by atoms with Gasteiger partial charge in [0.1, 0.15) is 6.10 Å². The summed E-state index contributed by atoms with van der Waals surface area (Å²) in [4.78, 5) is 0. The van der Waals surface area contributed by atoms with Gasteiger partial charge in [0.15, 0.2) is 0 Å². The highest BCUT2D eigenvalue weighted by Gasteiger charge is 2.14. The van der Waals surface area contributed by atoms with Crippen LogP contribution in [0.15, 0.2) is 40.9 Å². The second-order valence-electron chi connectivity index (χ2n) is 4.75. The largest absolute Gasteiger partial charge is 0.384 e. The molecule has 0 radical (unpaired) electrons. The van der Waals surface area contributed by atoms with Crippen LogP contribution in [0.4, 0.5) is 0 Å². The van der Waals surface area contributed by atoms with E-state index in [1.165, 1.54) is 5.56 Å². The number of aliphatic hydroxyl groups excluding tert-OH is 1. The lowest BCUT2D eigenvalue weighted by Gasteiger charge is -2.16. The molecule has 1 atom stereocenters. The standard InChI is InChI=1S/C16H17BrO/c1-10-7-13(9-14(17)8-10)16(18)15-6-4-5-11(2)12(15)3/h4-9,16,18H,1-3H3. The minimum Gasteiger partial charge on any atom is -0.384 e. The van der Waals surface area contributed by atoms with Crippen LogP contribution in [-0.2, 0) is 0 Å². The van der Waals surface area contributed by atoms with Gasteiger partial charge in [0.05, 0.1) is 0 Å². The average Bonchev–Trinajstić information content (AvgIpc) is 2.30. The Kier molecular flexibility index (Phi) is 3.88. The van der Waals surface area contributed by atoms with Crippen LogP contribution in [0.1, 0.15) is 33.9 Å². The molecule has 2 heteroatoms. The van der Waals surface area contributed by atoms with Crippen LogP contribution in [0.25, 0.3) is 0 Å². The lowest BCUT2D eigenvalue weighted by molar-refractivity contribution is 0.219. The third-order valence-electron chi connectivity index (χ3n) is 3.32. The fraction of sp³-hybridized carbons (Fsp3) is 0.250. The first kappa shape index (κ1) is 13.3. The third-order valence-corrected chi connectivity index (χ3v) is 3.78. The number of aliphatic hydroxyl groups is 1. The minimum atomic E-state index is -0.568. The van der Waals surface area contributed by atoms with Crippen molar-refractivity contribution < 1.29 is 5.11 Å². The molecule has 18 heavy (non-hydrogen) atoms. The van der Waals surface area contributed by atoms with Crippen molar-refractivity contribution in [3.05, 3.63) is 68.7 Å². The smallest absolute Gasteiger partial charge is 0.104 e. The van der Waals surface area contributed by atoms with E-state index in [0.29, 0.717) is 0 Å². The number of hydrogen-bond donors (Lipinski definition) is 1. The molecule has 0 aromatic heterocycles. The SMILES string of the molecule is Cc1cc(Br)cc(C(O)c2cccc(C)c2C)c1. The molecule has 0 spiro atoms. The van der Waals surface area contributed by atoms with E-state index in [1.54, 1.807) is 0 Å².